The zero-order valence-electron chi connectivity index (χ0n) is 12.1. The fourth-order valence-corrected chi connectivity index (χ4v) is 2.86. The quantitative estimate of drug-likeness (QED) is 0.880. The first-order valence-electron chi connectivity index (χ1n) is 7.63. The number of carbonyl (C=O) groups is 1. The minimum atomic E-state index is -0.0873. The lowest BCUT2D eigenvalue weighted by Crippen LogP contribution is -2.38. The number of hydrogen-bond acceptors (Lipinski definition) is 3. The Kier molecular flexibility index (Phi) is 4.33. The predicted octanol–water partition coefficient (Wildman–Crippen LogP) is 1.76. The molecule has 2 heterocycles. The second-order valence-corrected chi connectivity index (χ2v) is 5.58. The average molecular weight is 287 g/mol. The van der Waals surface area contributed by atoms with Gasteiger partial charge < -0.3 is 10.6 Å². The fourth-order valence-electron chi connectivity index (χ4n) is 2.86. The van der Waals surface area contributed by atoms with Crippen LogP contribution in [0.2, 0.25) is 0 Å². The molecule has 0 bridgehead atoms. The molecule has 6 nitrogen and oxygen atoms in total. The van der Waals surface area contributed by atoms with Crippen molar-refractivity contribution >= 4 is 11.7 Å². The highest BCUT2D eigenvalue weighted by Crippen LogP contribution is 2.23. The molecule has 0 unspecified atom stereocenters. The fraction of sp³-hybridized carbons (Fsp3) is 0.533. The van der Waals surface area contributed by atoms with Crippen molar-refractivity contribution in [2.45, 2.75) is 32.1 Å². The van der Waals surface area contributed by atoms with Gasteiger partial charge in [-0.1, -0.05) is 18.9 Å². The van der Waals surface area contributed by atoms with Crippen LogP contribution in [0.3, 0.4) is 0 Å². The molecular weight excluding hydrogens is 266 g/mol. The van der Waals surface area contributed by atoms with Gasteiger partial charge in [0, 0.05) is 25.7 Å². The van der Waals surface area contributed by atoms with E-state index in [-0.39, 0.29) is 6.03 Å². The Labute approximate surface area is 123 Å². The maximum atomic E-state index is 11.7. The minimum absolute atomic E-state index is 0.0873. The summed E-state index contributed by atoms with van der Waals surface area (Å²) in [5.74, 6) is 1.53. The number of aromatic nitrogens is 3. The van der Waals surface area contributed by atoms with Gasteiger partial charge in [0.15, 0.2) is 5.65 Å². The smallest absolute Gasteiger partial charge is 0.314 e. The maximum Gasteiger partial charge on any atom is 0.314 e. The molecule has 1 aliphatic carbocycles. The van der Waals surface area contributed by atoms with Crippen LogP contribution in [0, 0.1) is 5.92 Å². The summed E-state index contributed by atoms with van der Waals surface area (Å²) < 4.78 is 1.94. The van der Waals surface area contributed by atoms with Gasteiger partial charge in [-0.25, -0.2) is 4.79 Å². The molecule has 21 heavy (non-hydrogen) atoms. The van der Waals surface area contributed by atoms with E-state index in [2.05, 4.69) is 20.8 Å². The highest BCUT2D eigenvalue weighted by Gasteiger charge is 2.15. The Hall–Kier alpha value is -2.11. The van der Waals surface area contributed by atoms with E-state index in [1.165, 1.54) is 25.7 Å². The monoisotopic (exact) mass is 287 g/mol. The zero-order valence-corrected chi connectivity index (χ0v) is 12.1. The second-order valence-electron chi connectivity index (χ2n) is 5.58. The number of amides is 2. The molecule has 0 saturated heterocycles. The number of urea groups is 1. The van der Waals surface area contributed by atoms with E-state index in [1.54, 1.807) is 0 Å². The van der Waals surface area contributed by atoms with Gasteiger partial charge in [-0.15, -0.1) is 10.2 Å². The average Bonchev–Trinajstić information content (AvgIpc) is 3.15. The van der Waals surface area contributed by atoms with Gasteiger partial charge in [0.05, 0.1) is 0 Å². The molecule has 6 heteroatoms. The summed E-state index contributed by atoms with van der Waals surface area (Å²) >= 11 is 0. The van der Waals surface area contributed by atoms with Crippen LogP contribution in [0.4, 0.5) is 4.79 Å². The van der Waals surface area contributed by atoms with E-state index in [0.717, 1.165) is 18.0 Å². The van der Waals surface area contributed by atoms with E-state index in [4.69, 9.17) is 0 Å². The lowest BCUT2D eigenvalue weighted by Gasteiger charge is -2.11. The predicted molar refractivity (Wildman–Crippen MR) is 80.1 cm³/mol. The van der Waals surface area contributed by atoms with Crippen LogP contribution in [0.15, 0.2) is 24.4 Å². The van der Waals surface area contributed by atoms with Crippen LogP contribution >= 0.6 is 0 Å². The number of nitrogens with one attached hydrogen (secondary N) is 2. The highest BCUT2D eigenvalue weighted by molar-refractivity contribution is 5.73. The number of pyridine rings is 1. The number of hydrogen-bond donors (Lipinski definition) is 2. The van der Waals surface area contributed by atoms with Crippen LogP contribution in [-0.4, -0.2) is 33.7 Å². The van der Waals surface area contributed by atoms with Gasteiger partial charge in [0.25, 0.3) is 0 Å². The lowest BCUT2D eigenvalue weighted by molar-refractivity contribution is 0.239. The standard InChI is InChI=1S/C15H21N5O/c21-15(17-11-12-5-1-2-6-12)16-9-8-14-19-18-13-7-3-4-10-20(13)14/h3-4,7,10,12H,1-2,5-6,8-9,11H2,(H2,16,17,21). The molecule has 1 saturated carbocycles. The summed E-state index contributed by atoms with van der Waals surface area (Å²) in [6, 6.07) is 5.71. The number of rotatable bonds is 5. The first kappa shape index (κ1) is 13.9. The molecule has 0 radical (unpaired) electrons. The molecule has 2 N–H and O–H groups in total. The Morgan fingerprint density at radius 2 is 2.10 bits per heavy atom. The van der Waals surface area contributed by atoms with Crippen LogP contribution in [-0.2, 0) is 6.42 Å². The maximum absolute atomic E-state index is 11.7. The Morgan fingerprint density at radius 3 is 2.95 bits per heavy atom. The van der Waals surface area contributed by atoms with Gasteiger partial charge >= 0.3 is 6.03 Å². The molecule has 1 fully saturated rings. The van der Waals surface area contributed by atoms with E-state index < -0.39 is 0 Å². The van der Waals surface area contributed by atoms with Gasteiger partial charge in [-0.05, 0) is 30.9 Å². The molecule has 112 valence electrons. The molecule has 2 amide bonds. The molecule has 0 aliphatic heterocycles. The number of nitrogens with zero attached hydrogens (tertiary/aromatic N) is 3. The third-order valence-corrected chi connectivity index (χ3v) is 4.04. The minimum Gasteiger partial charge on any atom is -0.338 e. The molecule has 0 atom stereocenters. The summed E-state index contributed by atoms with van der Waals surface area (Å²) in [7, 11) is 0. The van der Waals surface area contributed by atoms with Crippen molar-refractivity contribution in [2.24, 2.45) is 5.92 Å². The van der Waals surface area contributed by atoms with Crippen molar-refractivity contribution < 1.29 is 4.79 Å². The van der Waals surface area contributed by atoms with E-state index >= 15 is 0 Å². The molecular formula is C15H21N5O. The van der Waals surface area contributed by atoms with Crippen molar-refractivity contribution in [1.82, 2.24) is 25.2 Å². The normalized spacial score (nSPS) is 15.4. The summed E-state index contributed by atoms with van der Waals surface area (Å²) in [5.41, 5.74) is 0.832. The third-order valence-electron chi connectivity index (χ3n) is 4.04. The Morgan fingerprint density at radius 1 is 1.24 bits per heavy atom. The molecule has 3 rings (SSSR count). The second kappa shape index (κ2) is 6.56. The summed E-state index contributed by atoms with van der Waals surface area (Å²) in [6.07, 6.45) is 7.69. The highest BCUT2D eigenvalue weighted by atomic mass is 16.2. The summed E-state index contributed by atoms with van der Waals surface area (Å²) in [6.45, 7) is 1.35. The SMILES string of the molecule is O=C(NCCc1nnc2ccccn12)NCC1CCCC1. The van der Waals surface area contributed by atoms with E-state index in [9.17, 15) is 4.79 Å². The first-order valence-corrected chi connectivity index (χ1v) is 7.63. The van der Waals surface area contributed by atoms with Crippen LogP contribution in [0.1, 0.15) is 31.5 Å². The summed E-state index contributed by atoms with van der Waals surface area (Å²) in [5, 5.41) is 14.1. The molecule has 2 aromatic heterocycles. The van der Waals surface area contributed by atoms with E-state index in [1.807, 2.05) is 28.8 Å². The topological polar surface area (TPSA) is 71.3 Å². The van der Waals surface area contributed by atoms with Crippen molar-refractivity contribution in [3.05, 3.63) is 30.2 Å². The first-order chi connectivity index (χ1) is 10.3. The van der Waals surface area contributed by atoms with Gasteiger partial charge in [0.1, 0.15) is 5.82 Å². The van der Waals surface area contributed by atoms with Gasteiger partial charge in [-0.3, -0.25) is 4.40 Å². The van der Waals surface area contributed by atoms with Crippen LogP contribution in [0.25, 0.3) is 5.65 Å². The number of fused-ring (bicyclic) bond motifs is 1. The van der Waals surface area contributed by atoms with Gasteiger partial charge in [0.2, 0.25) is 0 Å². The van der Waals surface area contributed by atoms with Crippen molar-refractivity contribution in [3.63, 3.8) is 0 Å². The van der Waals surface area contributed by atoms with Crippen molar-refractivity contribution in [3.8, 4) is 0 Å². The zero-order chi connectivity index (χ0) is 14.5. The molecule has 0 aromatic carbocycles. The van der Waals surface area contributed by atoms with E-state index in [0.29, 0.717) is 18.9 Å². The molecule has 0 spiro atoms. The Balaban J connectivity index is 1.42. The van der Waals surface area contributed by atoms with Crippen molar-refractivity contribution in [1.29, 1.82) is 0 Å². The van der Waals surface area contributed by atoms with Crippen molar-refractivity contribution in [2.75, 3.05) is 13.1 Å². The van der Waals surface area contributed by atoms with Gasteiger partial charge in [-0.2, -0.15) is 0 Å². The Bertz CT molecular complexity index is 603. The summed E-state index contributed by atoms with van der Waals surface area (Å²) in [4.78, 5) is 11.7. The number of carbonyl (C=O) groups excluding carboxylic acids is 1. The third kappa shape index (κ3) is 3.51. The van der Waals surface area contributed by atoms with Crippen LogP contribution < -0.4 is 10.6 Å². The lowest BCUT2D eigenvalue weighted by atomic mass is 10.1. The largest absolute Gasteiger partial charge is 0.338 e. The molecule has 2 aromatic rings. The van der Waals surface area contributed by atoms with Crippen LogP contribution in [0.5, 0.6) is 0 Å². The molecule has 1 aliphatic rings.